The Morgan fingerprint density at radius 1 is 1.07 bits per heavy atom. The summed E-state index contributed by atoms with van der Waals surface area (Å²) < 4.78 is 0. The zero-order valence-corrected chi connectivity index (χ0v) is 16.1. The van der Waals surface area contributed by atoms with Gasteiger partial charge in [-0.05, 0) is 24.6 Å². The number of piperazine rings is 1. The van der Waals surface area contributed by atoms with Gasteiger partial charge in [-0.1, -0.05) is 30.3 Å². The van der Waals surface area contributed by atoms with E-state index in [1.807, 2.05) is 30.0 Å². The summed E-state index contributed by atoms with van der Waals surface area (Å²) in [5, 5.41) is 10.7. The van der Waals surface area contributed by atoms with Gasteiger partial charge < -0.3 is 9.80 Å². The van der Waals surface area contributed by atoms with Crippen molar-refractivity contribution in [3.8, 4) is 0 Å². The van der Waals surface area contributed by atoms with Gasteiger partial charge >= 0.3 is 0 Å². The highest BCUT2D eigenvalue weighted by Gasteiger charge is 2.25. The first-order chi connectivity index (χ1) is 13.0. The van der Waals surface area contributed by atoms with Crippen LogP contribution >= 0.6 is 11.8 Å². The van der Waals surface area contributed by atoms with Crippen LogP contribution < -0.4 is 4.90 Å². The van der Waals surface area contributed by atoms with Gasteiger partial charge in [0.05, 0.1) is 10.2 Å². The molecule has 1 saturated heterocycles. The van der Waals surface area contributed by atoms with Gasteiger partial charge in [0, 0.05) is 49.8 Å². The molecule has 0 aromatic heterocycles. The lowest BCUT2D eigenvalue weighted by Crippen LogP contribution is -2.50. The molecule has 1 fully saturated rings. The van der Waals surface area contributed by atoms with Gasteiger partial charge in [-0.15, -0.1) is 11.8 Å². The Hall–Kier alpha value is -2.54. The Morgan fingerprint density at radius 2 is 1.70 bits per heavy atom. The summed E-state index contributed by atoms with van der Waals surface area (Å²) in [5.74, 6) is 1.01. The second kappa shape index (κ2) is 8.90. The molecule has 2 aromatic carbocycles. The maximum atomic E-state index is 12.7. The summed E-state index contributed by atoms with van der Waals surface area (Å²) in [6.07, 6.45) is 0. The van der Waals surface area contributed by atoms with Crippen molar-refractivity contribution in [2.45, 2.75) is 17.9 Å². The van der Waals surface area contributed by atoms with Crippen LogP contribution in [0.15, 0.2) is 54.6 Å². The van der Waals surface area contributed by atoms with E-state index < -0.39 is 4.92 Å². The zero-order valence-electron chi connectivity index (χ0n) is 15.3. The second-order valence-corrected chi connectivity index (χ2v) is 7.85. The smallest absolute Gasteiger partial charge is 0.269 e. The summed E-state index contributed by atoms with van der Waals surface area (Å²) in [6.45, 7) is 4.79. The fourth-order valence-electron chi connectivity index (χ4n) is 3.09. The standard InChI is InChI=1S/C20H23N3O3S/c1-16(27-15-17-5-3-2-4-6-17)20(24)22-13-11-21(12-14-22)18-7-9-19(10-8-18)23(25)26/h2-10,16H,11-15H2,1H3. The Morgan fingerprint density at radius 3 is 2.30 bits per heavy atom. The molecule has 0 N–H and O–H groups in total. The van der Waals surface area contributed by atoms with Crippen molar-refractivity contribution in [3.05, 3.63) is 70.3 Å². The normalized spacial score (nSPS) is 15.4. The topological polar surface area (TPSA) is 66.7 Å². The van der Waals surface area contributed by atoms with Gasteiger partial charge in [-0.2, -0.15) is 0 Å². The summed E-state index contributed by atoms with van der Waals surface area (Å²) in [5.41, 5.74) is 2.28. The van der Waals surface area contributed by atoms with E-state index in [9.17, 15) is 14.9 Å². The Kier molecular flexibility index (Phi) is 6.34. The highest BCUT2D eigenvalue weighted by atomic mass is 32.2. The third kappa shape index (κ3) is 5.01. The molecule has 0 spiro atoms. The number of anilines is 1. The molecule has 1 heterocycles. The van der Waals surface area contributed by atoms with Gasteiger partial charge in [-0.3, -0.25) is 14.9 Å². The minimum Gasteiger partial charge on any atom is -0.368 e. The lowest BCUT2D eigenvalue weighted by atomic mass is 10.2. The van der Waals surface area contributed by atoms with E-state index in [0.717, 1.165) is 24.5 Å². The van der Waals surface area contributed by atoms with Crippen LogP contribution in [0.5, 0.6) is 0 Å². The number of hydrogen-bond donors (Lipinski definition) is 0. The number of carbonyl (C=O) groups excluding carboxylic acids is 1. The molecule has 0 aliphatic carbocycles. The lowest BCUT2D eigenvalue weighted by Gasteiger charge is -2.37. The maximum absolute atomic E-state index is 12.7. The van der Waals surface area contributed by atoms with Crippen molar-refractivity contribution in [3.63, 3.8) is 0 Å². The molecule has 3 rings (SSSR count). The number of rotatable bonds is 6. The van der Waals surface area contributed by atoms with Crippen LogP contribution in [0.1, 0.15) is 12.5 Å². The van der Waals surface area contributed by atoms with E-state index in [1.54, 1.807) is 23.9 Å². The molecule has 7 heteroatoms. The van der Waals surface area contributed by atoms with Crippen molar-refractivity contribution in [2.75, 3.05) is 31.1 Å². The van der Waals surface area contributed by atoms with Gasteiger partial charge in [0.25, 0.3) is 5.69 Å². The third-order valence-electron chi connectivity index (χ3n) is 4.71. The summed E-state index contributed by atoms with van der Waals surface area (Å²) in [7, 11) is 0. The minimum absolute atomic E-state index is 0.0730. The largest absolute Gasteiger partial charge is 0.368 e. The zero-order chi connectivity index (χ0) is 19.2. The number of amides is 1. The molecule has 27 heavy (non-hydrogen) atoms. The molecule has 6 nitrogen and oxygen atoms in total. The Labute approximate surface area is 163 Å². The average molecular weight is 385 g/mol. The van der Waals surface area contributed by atoms with Crippen LogP contribution in [-0.2, 0) is 10.5 Å². The number of carbonyl (C=O) groups is 1. The van der Waals surface area contributed by atoms with Crippen LogP contribution in [0.2, 0.25) is 0 Å². The number of benzene rings is 2. The van der Waals surface area contributed by atoms with Crippen molar-refractivity contribution in [1.29, 1.82) is 0 Å². The monoisotopic (exact) mass is 385 g/mol. The predicted octanol–water partition coefficient (Wildman–Crippen LogP) is 3.57. The lowest BCUT2D eigenvalue weighted by molar-refractivity contribution is -0.384. The van der Waals surface area contributed by atoms with Gasteiger partial charge in [-0.25, -0.2) is 0 Å². The molecular formula is C20H23N3O3S. The molecule has 1 amide bonds. The quantitative estimate of drug-likeness (QED) is 0.562. The van der Waals surface area contributed by atoms with E-state index in [-0.39, 0.29) is 16.8 Å². The molecule has 1 unspecified atom stereocenters. The van der Waals surface area contributed by atoms with Crippen molar-refractivity contribution in [2.24, 2.45) is 0 Å². The second-order valence-electron chi connectivity index (χ2n) is 6.52. The summed E-state index contributed by atoms with van der Waals surface area (Å²) in [6, 6.07) is 16.8. The van der Waals surface area contributed by atoms with E-state index >= 15 is 0 Å². The number of nitro groups is 1. The Balaban J connectivity index is 1.49. The van der Waals surface area contributed by atoms with E-state index in [4.69, 9.17) is 0 Å². The fraction of sp³-hybridized carbons (Fsp3) is 0.350. The first-order valence-electron chi connectivity index (χ1n) is 8.98. The van der Waals surface area contributed by atoms with Crippen LogP contribution in [0.4, 0.5) is 11.4 Å². The molecule has 2 aromatic rings. The third-order valence-corrected chi connectivity index (χ3v) is 5.91. The molecule has 0 radical (unpaired) electrons. The predicted molar refractivity (Wildman–Crippen MR) is 109 cm³/mol. The molecule has 1 aliphatic heterocycles. The van der Waals surface area contributed by atoms with Crippen molar-refractivity contribution < 1.29 is 9.72 Å². The van der Waals surface area contributed by atoms with E-state index in [0.29, 0.717) is 13.1 Å². The number of nitro benzene ring substituents is 1. The summed E-state index contributed by atoms with van der Waals surface area (Å²) >= 11 is 1.66. The summed E-state index contributed by atoms with van der Waals surface area (Å²) in [4.78, 5) is 27.1. The highest BCUT2D eigenvalue weighted by Crippen LogP contribution is 2.23. The highest BCUT2D eigenvalue weighted by molar-refractivity contribution is 7.99. The number of thioether (sulfide) groups is 1. The molecule has 0 saturated carbocycles. The first kappa shape index (κ1) is 19.2. The Bertz CT molecular complexity index is 775. The maximum Gasteiger partial charge on any atom is 0.269 e. The SMILES string of the molecule is CC(SCc1ccccc1)C(=O)N1CCN(c2ccc([N+](=O)[O-])cc2)CC1. The van der Waals surface area contributed by atoms with Crippen LogP contribution in [-0.4, -0.2) is 47.2 Å². The van der Waals surface area contributed by atoms with E-state index in [1.165, 1.54) is 17.7 Å². The number of hydrogen-bond acceptors (Lipinski definition) is 5. The van der Waals surface area contributed by atoms with Crippen molar-refractivity contribution >= 4 is 29.0 Å². The van der Waals surface area contributed by atoms with Gasteiger partial charge in [0.1, 0.15) is 0 Å². The molecule has 1 atom stereocenters. The molecule has 142 valence electrons. The molecule has 0 bridgehead atoms. The average Bonchev–Trinajstić information content (AvgIpc) is 2.72. The van der Waals surface area contributed by atoms with Crippen molar-refractivity contribution in [1.82, 2.24) is 4.90 Å². The number of nitrogens with zero attached hydrogens (tertiary/aromatic N) is 3. The van der Waals surface area contributed by atoms with Gasteiger partial charge in [0.2, 0.25) is 5.91 Å². The van der Waals surface area contributed by atoms with Crippen LogP contribution in [0, 0.1) is 10.1 Å². The minimum atomic E-state index is -0.394. The van der Waals surface area contributed by atoms with Crippen LogP contribution in [0.25, 0.3) is 0 Å². The fourth-order valence-corrected chi connectivity index (χ4v) is 4.02. The van der Waals surface area contributed by atoms with Crippen LogP contribution in [0.3, 0.4) is 0 Å². The number of non-ortho nitro benzene ring substituents is 1. The van der Waals surface area contributed by atoms with Gasteiger partial charge in [0.15, 0.2) is 0 Å². The molecule has 1 aliphatic rings. The molecular weight excluding hydrogens is 362 g/mol. The van der Waals surface area contributed by atoms with E-state index in [2.05, 4.69) is 17.0 Å². The first-order valence-corrected chi connectivity index (χ1v) is 10.0.